The van der Waals surface area contributed by atoms with Gasteiger partial charge in [0.05, 0.1) is 5.56 Å². The van der Waals surface area contributed by atoms with E-state index in [4.69, 9.17) is 6.42 Å². The smallest absolute Gasteiger partial charge is 0.358 e. The van der Waals surface area contributed by atoms with Crippen LogP contribution in [0.1, 0.15) is 22.6 Å². The van der Waals surface area contributed by atoms with Crippen LogP contribution >= 0.6 is 0 Å². The highest BCUT2D eigenvalue weighted by atomic mass is 19.4. The maximum Gasteiger partial charge on any atom is 0.416 e. The summed E-state index contributed by atoms with van der Waals surface area (Å²) in [6, 6.07) is 13.7. The lowest BCUT2D eigenvalue weighted by Gasteiger charge is -2.26. The van der Waals surface area contributed by atoms with E-state index in [1.807, 2.05) is 12.0 Å². The molecule has 0 saturated heterocycles. The summed E-state index contributed by atoms with van der Waals surface area (Å²) < 4.78 is 38.6. The average molecular weight is 388 g/mol. The highest BCUT2D eigenvalue weighted by Crippen LogP contribution is 2.32. The third-order valence-corrected chi connectivity index (χ3v) is 4.27. The summed E-state index contributed by atoms with van der Waals surface area (Å²) in [5.41, 5.74) is 0.602. The first-order valence-electron chi connectivity index (χ1n) is 8.44. The predicted molar refractivity (Wildman–Crippen MR) is 99.2 cm³/mol. The number of halogens is 3. The van der Waals surface area contributed by atoms with E-state index in [0.717, 1.165) is 17.7 Å². The average Bonchev–Trinajstić information content (AvgIpc) is 2.70. The van der Waals surface area contributed by atoms with Gasteiger partial charge in [0, 0.05) is 19.5 Å². The minimum absolute atomic E-state index is 0.0475. The molecule has 2 rings (SSSR count). The van der Waals surface area contributed by atoms with Crippen molar-refractivity contribution >= 4 is 11.8 Å². The fourth-order valence-corrected chi connectivity index (χ4v) is 2.78. The molecular weight excluding hydrogens is 369 g/mol. The van der Waals surface area contributed by atoms with E-state index < -0.39 is 29.5 Å². The minimum Gasteiger partial charge on any atom is -0.358 e. The Kier molecular flexibility index (Phi) is 6.83. The number of carbonyl (C=O) groups excluding carboxylic acids is 2. The van der Waals surface area contributed by atoms with Crippen LogP contribution in [0.3, 0.4) is 0 Å². The van der Waals surface area contributed by atoms with Gasteiger partial charge in [-0.2, -0.15) is 13.2 Å². The molecule has 7 heteroatoms. The third-order valence-electron chi connectivity index (χ3n) is 4.27. The van der Waals surface area contributed by atoms with Crippen LogP contribution in [-0.2, 0) is 15.8 Å². The fourth-order valence-electron chi connectivity index (χ4n) is 2.78. The van der Waals surface area contributed by atoms with Crippen molar-refractivity contribution in [3.63, 3.8) is 0 Å². The lowest BCUT2D eigenvalue weighted by atomic mass is 9.90. The summed E-state index contributed by atoms with van der Waals surface area (Å²) >= 11 is 0. The number of amides is 2. The van der Waals surface area contributed by atoms with Gasteiger partial charge in [-0.25, -0.2) is 0 Å². The lowest BCUT2D eigenvalue weighted by molar-refractivity contribution is -0.137. The number of terminal acetylenes is 1. The topological polar surface area (TPSA) is 49.4 Å². The molecule has 0 saturated carbocycles. The van der Waals surface area contributed by atoms with Crippen LogP contribution in [0.4, 0.5) is 13.2 Å². The molecule has 0 aliphatic rings. The van der Waals surface area contributed by atoms with Gasteiger partial charge in [0.25, 0.3) is 5.91 Å². The zero-order valence-electron chi connectivity index (χ0n) is 15.2. The minimum atomic E-state index is -4.44. The van der Waals surface area contributed by atoms with Crippen LogP contribution in [0.15, 0.2) is 54.6 Å². The van der Waals surface area contributed by atoms with Crippen molar-refractivity contribution in [2.75, 3.05) is 20.1 Å². The molecule has 2 aromatic carbocycles. The van der Waals surface area contributed by atoms with E-state index in [-0.39, 0.29) is 13.1 Å². The maximum absolute atomic E-state index is 12.9. The van der Waals surface area contributed by atoms with Crippen molar-refractivity contribution in [2.45, 2.75) is 12.1 Å². The molecule has 2 amide bonds. The van der Waals surface area contributed by atoms with E-state index in [1.165, 1.54) is 24.1 Å². The molecule has 2 aromatic rings. The Balaban J connectivity index is 2.41. The number of nitrogens with zero attached hydrogens (tertiary/aromatic N) is 1. The van der Waals surface area contributed by atoms with Crippen LogP contribution in [0, 0.1) is 12.3 Å². The Hall–Kier alpha value is -3.27. The van der Waals surface area contributed by atoms with Crippen LogP contribution in [-0.4, -0.2) is 36.9 Å². The van der Waals surface area contributed by atoms with Gasteiger partial charge >= 0.3 is 6.18 Å². The quantitative estimate of drug-likeness (QED) is 0.774. The number of nitrogens with one attached hydrogen (secondary N) is 1. The van der Waals surface area contributed by atoms with Crippen LogP contribution in [0.5, 0.6) is 0 Å². The van der Waals surface area contributed by atoms with E-state index in [2.05, 4.69) is 5.32 Å². The Morgan fingerprint density at radius 2 is 1.64 bits per heavy atom. The second-order valence-electron chi connectivity index (χ2n) is 6.09. The molecule has 0 radical (unpaired) electrons. The van der Waals surface area contributed by atoms with Gasteiger partial charge < -0.3 is 10.2 Å². The Bertz CT molecular complexity index is 856. The molecule has 0 aliphatic heterocycles. The SMILES string of the molecule is C#CC(=O)N(CC(=O)NC)CC(c1ccccc1)c1ccc(C(F)(F)F)cc1. The molecule has 0 spiro atoms. The lowest BCUT2D eigenvalue weighted by Crippen LogP contribution is -2.41. The van der Waals surface area contributed by atoms with Gasteiger partial charge in [0.15, 0.2) is 0 Å². The monoisotopic (exact) mass is 388 g/mol. The van der Waals surface area contributed by atoms with Crippen molar-refractivity contribution in [3.05, 3.63) is 71.3 Å². The number of alkyl halides is 3. The van der Waals surface area contributed by atoms with Gasteiger partial charge in [-0.05, 0) is 29.2 Å². The highest BCUT2D eigenvalue weighted by molar-refractivity contribution is 5.95. The molecule has 0 fully saturated rings. The van der Waals surface area contributed by atoms with Crippen molar-refractivity contribution < 1.29 is 22.8 Å². The Morgan fingerprint density at radius 3 is 2.14 bits per heavy atom. The predicted octanol–water partition coefficient (Wildman–Crippen LogP) is 3.05. The number of benzene rings is 2. The molecule has 146 valence electrons. The Morgan fingerprint density at radius 1 is 1.07 bits per heavy atom. The zero-order chi connectivity index (χ0) is 20.7. The number of hydrogen-bond donors (Lipinski definition) is 1. The number of rotatable bonds is 6. The normalized spacial score (nSPS) is 12.0. The van der Waals surface area contributed by atoms with Crippen molar-refractivity contribution in [1.29, 1.82) is 0 Å². The van der Waals surface area contributed by atoms with Crippen molar-refractivity contribution in [1.82, 2.24) is 10.2 Å². The Labute approximate surface area is 161 Å². The number of hydrogen-bond acceptors (Lipinski definition) is 2. The van der Waals surface area contributed by atoms with Gasteiger partial charge in [-0.15, -0.1) is 6.42 Å². The zero-order valence-corrected chi connectivity index (χ0v) is 15.2. The van der Waals surface area contributed by atoms with Gasteiger partial charge in [-0.1, -0.05) is 42.5 Å². The first-order chi connectivity index (χ1) is 13.3. The summed E-state index contributed by atoms with van der Waals surface area (Å²) in [4.78, 5) is 25.1. The fraction of sp³-hybridized carbons (Fsp3) is 0.238. The van der Waals surface area contributed by atoms with Crippen molar-refractivity contribution in [2.24, 2.45) is 0 Å². The summed E-state index contributed by atoms with van der Waals surface area (Å²) in [5, 5.41) is 2.42. The van der Waals surface area contributed by atoms with E-state index in [0.29, 0.717) is 5.56 Å². The molecule has 4 nitrogen and oxygen atoms in total. The second kappa shape index (κ2) is 9.09. The summed E-state index contributed by atoms with van der Waals surface area (Å²) in [5.74, 6) is 0.467. The first kappa shape index (κ1) is 21.0. The van der Waals surface area contributed by atoms with Gasteiger partial charge in [0.2, 0.25) is 5.91 Å². The molecule has 1 N–H and O–H groups in total. The highest BCUT2D eigenvalue weighted by Gasteiger charge is 2.30. The van der Waals surface area contributed by atoms with Crippen molar-refractivity contribution in [3.8, 4) is 12.3 Å². The van der Waals surface area contributed by atoms with E-state index >= 15 is 0 Å². The number of likely N-dealkylation sites (N-methyl/N-ethyl adjacent to an activating group) is 1. The molecule has 0 heterocycles. The molecule has 0 bridgehead atoms. The molecule has 28 heavy (non-hydrogen) atoms. The van der Waals surface area contributed by atoms with E-state index in [9.17, 15) is 22.8 Å². The second-order valence-corrected chi connectivity index (χ2v) is 6.09. The molecule has 0 aromatic heterocycles. The molecule has 1 atom stereocenters. The maximum atomic E-state index is 12.9. The van der Waals surface area contributed by atoms with Crippen LogP contribution in [0.25, 0.3) is 0 Å². The van der Waals surface area contributed by atoms with E-state index in [1.54, 1.807) is 24.3 Å². The molecule has 0 aliphatic carbocycles. The van der Waals surface area contributed by atoms with Crippen LogP contribution < -0.4 is 5.32 Å². The molecular formula is C21H19F3N2O2. The first-order valence-corrected chi connectivity index (χ1v) is 8.44. The summed E-state index contributed by atoms with van der Waals surface area (Å²) in [7, 11) is 1.44. The third kappa shape index (κ3) is 5.36. The largest absolute Gasteiger partial charge is 0.416 e. The van der Waals surface area contributed by atoms with Gasteiger partial charge in [-0.3, -0.25) is 9.59 Å². The summed E-state index contributed by atoms with van der Waals surface area (Å²) in [6.45, 7) is -0.199. The van der Waals surface area contributed by atoms with Gasteiger partial charge in [0.1, 0.15) is 6.54 Å². The summed E-state index contributed by atoms with van der Waals surface area (Å²) in [6.07, 6.45) is 0.774. The standard InChI is InChI=1S/C21H19F3N2O2/c1-3-20(28)26(14-19(27)25-2)13-18(15-7-5-4-6-8-15)16-9-11-17(12-10-16)21(22,23)24/h1,4-12,18H,13-14H2,2H3,(H,25,27). The molecule has 1 unspecified atom stereocenters. The van der Waals surface area contributed by atoms with Crippen LogP contribution in [0.2, 0.25) is 0 Å². The number of carbonyl (C=O) groups is 2.